The predicted octanol–water partition coefficient (Wildman–Crippen LogP) is 4.26. The van der Waals surface area contributed by atoms with Gasteiger partial charge in [0.2, 0.25) is 11.8 Å². The average Bonchev–Trinajstić information content (AvgIpc) is 3.22. The van der Waals surface area contributed by atoms with Crippen molar-refractivity contribution in [2.24, 2.45) is 5.92 Å². The minimum atomic E-state index is -3.56. The third kappa shape index (κ3) is 6.97. The Morgan fingerprint density at radius 1 is 1.39 bits per heavy atom. The molecule has 182 valence electrons. The summed E-state index contributed by atoms with van der Waals surface area (Å²) >= 11 is 6.18. The third-order valence-corrected chi connectivity index (χ3v) is 7.17. The third-order valence-electron chi connectivity index (χ3n) is 5.59. The van der Waals surface area contributed by atoms with Gasteiger partial charge in [-0.2, -0.15) is 5.10 Å². The molecule has 1 heterocycles. The second kappa shape index (κ2) is 9.31. The molecule has 11 heteroatoms. The number of benzene rings is 1. The standard InChI is InChI=1S/C22H28ClF2N3O4S/c1-21(2,30)13-28-9-7-19(27-28)26-20(29)16(10-14-6-8-22(24,25)12-14)15-4-5-18(17(23)11-15)33(3,31)32/h4-5,7,9,11,14,16,30H,6,8,10,12-13H2,1-3H3,(H,26,27,29)/t14-,16?/m0/s1. The molecule has 1 aliphatic rings. The van der Waals surface area contributed by atoms with E-state index in [1.807, 2.05) is 0 Å². The first-order valence-electron chi connectivity index (χ1n) is 10.6. The average molecular weight is 504 g/mol. The van der Waals surface area contributed by atoms with Crippen LogP contribution < -0.4 is 5.32 Å². The number of carbonyl (C=O) groups is 1. The van der Waals surface area contributed by atoms with Crippen LogP contribution in [0, 0.1) is 5.92 Å². The molecule has 0 aliphatic heterocycles. The Kier molecular flexibility index (Phi) is 7.21. The van der Waals surface area contributed by atoms with E-state index in [-0.39, 0.29) is 47.5 Å². The van der Waals surface area contributed by atoms with E-state index in [0.717, 1.165) is 6.26 Å². The predicted molar refractivity (Wildman–Crippen MR) is 121 cm³/mol. The summed E-state index contributed by atoms with van der Waals surface area (Å²) in [5.41, 5.74) is -0.558. The van der Waals surface area contributed by atoms with Gasteiger partial charge in [0.05, 0.1) is 28.0 Å². The van der Waals surface area contributed by atoms with Crippen molar-refractivity contribution in [3.63, 3.8) is 0 Å². The lowest BCUT2D eigenvalue weighted by Gasteiger charge is -2.21. The lowest BCUT2D eigenvalue weighted by molar-refractivity contribution is -0.118. The van der Waals surface area contributed by atoms with Crippen LogP contribution in [0.15, 0.2) is 35.4 Å². The van der Waals surface area contributed by atoms with Crippen molar-refractivity contribution in [2.45, 2.75) is 68.4 Å². The number of rotatable bonds is 8. The van der Waals surface area contributed by atoms with Crippen LogP contribution in [0.5, 0.6) is 0 Å². The number of hydrogen-bond acceptors (Lipinski definition) is 5. The lowest BCUT2D eigenvalue weighted by Crippen LogP contribution is -2.27. The summed E-state index contributed by atoms with van der Waals surface area (Å²) in [6, 6.07) is 5.80. The van der Waals surface area contributed by atoms with E-state index in [4.69, 9.17) is 11.6 Å². The summed E-state index contributed by atoms with van der Waals surface area (Å²) in [6.45, 7) is 3.47. The largest absolute Gasteiger partial charge is 0.389 e. The fourth-order valence-electron chi connectivity index (χ4n) is 4.13. The second-order valence-corrected chi connectivity index (χ2v) is 11.8. The zero-order valence-corrected chi connectivity index (χ0v) is 20.3. The number of nitrogens with zero attached hydrogens (tertiary/aromatic N) is 2. The lowest BCUT2D eigenvalue weighted by atomic mass is 9.87. The first-order chi connectivity index (χ1) is 15.1. The van der Waals surface area contributed by atoms with Gasteiger partial charge in [-0.1, -0.05) is 17.7 Å². The number of aliphatic hydroxyl groups is 1. The number of hydrogen-bond donors (Lipinski definition) is 2. The molecule has 2 atom stereocenters. The number of carbonyl (C=O) groups excluding carboxylic acids is 1. The molecule has 1 aromatic carbocycles. The molecule has 33 heavy (non-hydrogen) atoms. The van der Waals surface area contributed by atoms with Crippen molar-refractivity contribution in [1.82, 2.24) is 9.78 Å². The summed E-state index contributed by atoms with van der Waals surface area (Å²) in [7, 11) is -3.56. The van der Waals surface area contributed by atoms with Gasteiger partial charge >= 0.3 is 0 Å². The topological polar surface area (TPSA) is 101 Å². The Morgan fingerprint density at radius 2 is 2.09 bits per heavy atom. The fraction of sp³-hybridized carbons (Fsp3) is 0.545. The van der Waals surface area contributed by atoms with Crippen LogP contribution in [0.4, 0.5) is 14.6 Å². The maximum atomic E-state index is 13.8. The van der Waals surface area contributed by atoms with Gasteiger partial charge in [-0.3, -0.25) is 9.48 Å². The molecule has 1 saturated carbocycles. The Balaban J connectivity index is 1.86. The van der Waals surface area contributed by atoms with Crippen molar-refractivity contribution in [3.05, 3.63) is 41.0 Å². The molecule has 2 aromatic rings. The summed E-state index contributed by atoms with van der Waals surface area (Å²) in [6.07, 6.45) is 2.58. The van der Waals surface area contributed by atoms with Gasteiger partial charge in [-0.25, -0.2) is 17.2 Å². The summed E-state index contributed by atoms with van der Waals surface area (Å²) in [4.78, 5) is 13.1. The number of alkyl halides is 2. The molecule has 3 rings (SSSR count). The molecule has 1 amide bonds. The van der Waals surface area contributed by atoms with Gasteiger partial charge in [0.15, 0.2) is 15.7 Å². The number of sulfone groups is 1. The van der Waals surface area contributed by atoms with Crippen LogP contribution in [-0.4, -0.2) is 47.0 Å². The van der Waals surface area contributed by atoms with Crippen molar-refractivity contribution in [3.8, 4) is 0 Å². The molecular weight excluding hydrogens is 476 g/mol. The zero-order valence-electron chi connectivity index (χ0n) is 18.7. The van der Waals surface area contributed by atoms with Gasteiger partial charge < -0.3 is 10.4 Å². The molecule has 2 N–H and O–H groups in total. The Bertz CT molecular complexity index is 1130. The highest BCUT2D eigenvalue weighted by Gasteiger charge is 2.41. The van der Waals surface area contributed by atoms with E-state index in [1.54, 1.807) is 26.1 Å². The van der Waals surface area contributed by atoms with Crippen molar-refractivity contribution >= 4 is 33.2 Å². The monoisotopic (exact) mass is 503 g/mol. The quantitative estimate of drug-likeness (QED) is 0.560. The molecule has 0 spiro atoms. The van der Waals surface area contributed by atoms with Gasteiger partial charge in [-0.15, -0.1) is 0 Å². The van der Waals surface area contributed by atoms with Crippen LogP contribution >= 0.6 is 11.6 Å². The van der Waals surface area contributed by atoms with Crippen LogP contribution in [0.3, 0.4) is 0 Å². The second-order valence-electron chi connectivity index (χ2n) is 9.42. The smallest absolute Gasteiger partial charge is 0.248 e. The highest BCUT2D eigenvalue weighted by Crippen LogP contribution is 2.43. The molecule has 1 aromatic heterocycles. The number of nitrogens with one attached hydrogen (secondary N) is 1. The zero-order chi connectivity index (χ0) is 24.6. The van der Waals surface area contributed by atoms with Crippen molar-refractivity contribution < 1.29 is 27.1 Å². The molecule has 1 unspecified atom stereocenters. The first kappa shape index (κ1) is 25.6. The van der Waals surface area contributed by atoms with Crippen LogP contribution in [0.1, 0.15) is 51.0 Å². The molecule has 1 aliphatic carbocycles. The fourth-order valence-corrected chi connectivity index (χ4v) is 5.47. The van der Waals surface area contributed by atoms with E-state index in [9.17, 15) is 27.1 Å². The van der Waals surface area contributed by atoms with Crippen LogP contribution in [0.25, 0.3) is 0 Å². The molecule has 0 bridgehead atoms. The Labute approximate surface area is 197 Å². The van der Waals surface area contributed by atoms with Gasteiger partial charge in [0, 0.05) is 31.4 Å². The highest BCUT2D eigenvalue weighted by molar-refractivity contribution is 7.90. The van der Waals surface area contributed by atoms with E-state index >= 15 is 0 Å². The van der Waals surface area contributed by atoms with Crippen LogP contribution in [-0.2, 0) is 21.2 Å². The van der Waals surface area contributed by atoms with E-state index in [1.165, 1.54) is 22.9 Å². The van der Waals surface area contributed by atoms with Crippen LogP contribution in [0.2, 0.25) is 5.02 Å². The van der Waals surface area contributed by atoms with E-state index in [2.05, 4.69) is 10.4 Å². The summed E-state index contributed by atoms with van der Waals surface area (Å²) in [5.74, 6) is -4.14. The molecule has 0 radical (unpaired) electrons. The SMILES string of the molecule is CC(C)(O)Cn1ccc(NC(=O)C(C[C@@H]2CCC(F)(F)C2)c2ccc(S(C)(=O)=O)c(Cl)c2)n1. The number of anilines is 1. The molecule has 7 nitrogen and oxygen atoms in total. The molecule has 1 fully saturated rings. The van der Waals surface area contributed by atoms with E-state index in [0.29, 0.717) is 12.0 Å². The van der Waals surface area contributed by atoms with Crippen molar-refractivity contribution in [1.29, 1.82) is 0 Å². The number of aromatic nitrogens is 2. The van der Waals surface area contributed by atoms with Gasteiger partial charge in [0.25, 0.3) is 0 Å². The normalized spacial score (nSPS) is 19.4. The Hall–Kier alpha value is -2.04. The maximum absolute atomic E-state index is 13.8. The molecule has 0 saturated heterocycles. The maximum Gasteiger partial charge on any atom is 0.248 e. The van der Waals surface area contributed by atoms with Gasteiger partial charge in [0.1, 0.15) is 0 Å². The minimum Gasteiger partial charge on any atom is -0.389 e. The summed E-state index contributed by atoms with van der Waals surface area (Å²) < 4.78 is 52.8. The summed E-state index contributed by atoms with van der Waals surface area (Å²) in [5, 5.41) is 16.8. The minimum absolute atomic E-state index is 0.0287. The molecular formula is C22H28ClF2N3O4S. The highest BCUT2D eigenvalue weighted by atomic mass is 35.5. The number of halogens is 3. The Morgan fingerprint density at radius 3 is 2.64 bits per heavy atom. The van der Waals surface area contributed by atoms with Crippen molar-refractivity contribution in [2.75, 3.05) is 11.6 Å². The van der Waals surface area contributed by atoms with Gasteiger partial charge in [-0.05, 0) is 50.3 Å². The first-order valence-corrected chi connectivity index (χ1v) is 12.8. The van der Waals surface area contributed by atoms with E-state index < -0.39 is 33.2 Å². The number of amides is 1.